The molecule has 0 spiro atoms. The first-order valence-corrected chi connectivity index (χ1v) is 11.7. The standard InChI is InChI=1S/C20H22N4O4S2/c1-14-5-4-6-15(11-14)20-22-19(28-23-20)12-21-18(25)13-24(2)30(26,27)17-9-7-16(29-3)8-10-17/h4-11H,12-13H2,1-3H3,(H,21,25). The summed E-state index contributed by atoms with van der Waals surface area (Å²) < 4.78 is 31.4. The van der Waals surface area contributed by atoms with Gasteiger partial charge in [0.05, 0.1) is 18.0 Å². The largest absolute Gasteiger partial charge is 0.346 e. The van der Waals surface area contributed by atoms with Crippen LogP contribution >= 0.6 is 11.8 Å². The number of rotatable bonds is 8. The van der Waals surface area contributed by atoms with E-state index in [1.807, 2.05) is 37.4 Å². The number of hydrogen-bond donors (Lipinski definition) is 1. The number of sulfonamides is 1. The average Bonchev–Trinajstić information content (AvgIpc) is 3.21. The molecular formula is C20H22N4O4S2. The first kappa shape index (κ1) is 22.0. The van der Waals surface area contributed by atoms with E-state index in [-0.39, 0.29) is 23.9 Å². The molecule has 8 nitrogen and oxygen atoms in total. The zero-order valence-electron chi connectivity index (χ0n) is 16.8. The third-order valence-corrected chi connectivity index (χ3v) is 6.88. The summed E-state index contributed by atoms with van der Waals surface area (Å²) in [4.78, 5) is 17.6. The lowest BCUT2D eigenvalue weighted by Gasteiger charge is -2.16. The van der Waals surface area contributed by atoms with Gasteiger partial charge in [-0.1, -0.05) is 28.9 Å². The van der Waals surface area contributed by atoms with Crippen molar-refractivity contribution in [2.75, 3.05) is 19.8 Å². The Kier molecular flexibility index (Phi) is 6.91. The summed E-state index contributed by atoms with van der Waals surface area (Å²) in [6, 6.07) is 14.2. The summed E-state index contributed by atoms with van der Waals surface area (Å²) in [5, 5.41) is 6.52. The molecule has 158 valence electrons. The van der Waals surface area contributed by atoms with Gasteiger partial charge in [-0.25, -0.2) is 8.42 Å². The first-order valence-electron chi connectivity index (χ1n) is 9.06. The quantitative estimate of drug-likeness (QED) is 0.530. The molecule has 0 bridgehead atoms. The molecule has 0 fully saturated rings. The van der Waals surface area contributed by atoms with Crippen LogP contribution in [0.1, 0.15) is 11.5 Å². The molecule has 1 aromatic heterocycles. The van der Waals surface area contributed by atoms with Crippen molar-refractivity contribution in [2.24, 2.45) is 0 Å². The molecule has 1 heterocycles. The maximum Gasteiger partial charge on any atom is 0.246 e. The van der Waals surface area contributed by atoms with Crippen LogP contribution in [0.5, 0.6) is 0 Å². The summed E-state index contributed by atoms with van der Waals surface area (Å²) in [6.45, 7) is 1.64. The molecule has 0 saturated heterocycles. The highest BCUT2D eigenvalue weighted by molar-refractivity contribution is 7.98. The minimum atomic E-state index is -3.77. The Bertz CT molecular complexity index is 1130. The maximum atomic E-state index is 12.6. The number of benzene rings is 2. The van der Waals surface area contributed by atoms with Crippen LogP contribution in [0.4, 0.5) is 0 Å². The average molecular weight is 447 g/mol. The van der Waals surface area contributed by atoms with Crippen LogP contribution in [0.2, 0.25) is 0 Å². The zero-order valence-corrected chi connectivity index (χ0v) is 18.5. The third-order valence-electron chi connectivity index (χ3n) is 4.32. The molecule has 0 aliphatic carbocycles. The summed E-state index contributed by atoms with van der Waals surface area (Å²) in [6.07, 6.45) is 1.91. The van der Waals surface area contributed by atoms with E-state index in [0.717, 1.165) is 20.3 Å². The topological polar surface area (TPSA) is 105 Å². The van der Waals surface area contributed by atoms with E-state index >= 15 is 0 Å². The smallest absolute Gasteiger partial charge is 0.246 e. The van der Waals surface area contributed by atoms with E-state index in [2.05, 4.69) is 15.5 Å². The van der Waals surface area contributed by atoms with Gasteiger partial charge >= 0.3 is 0 Å². The Morgan fingerprint density at radius 2 is 1.93 bits per heavy atom. The molecule has 0 aliphatic heterocycles. The number of amides is 1. The minimum Gasteiger partial charge on any atom is -0.346 e. The van der Waals surface area contributed by atoms with E-state index < -0.39 is 15.9 Å². The number of thioether (sulfide) groups is 1. The number of hydrogen-bond acceptors (Lipinski definition) is 7. The van der Waals surface area contributed by atoms with E-state index in [4.69, 9.17) is 4.52 Å². The molecule has 3 rings (SSSR count). The predicted molar refractivity (Wildman–Crippen MR) is 114 cm³/mol. The Labute approximate surface area is 179 Å². The predicted octanol–water partition coefficient (Wildman–Crippen LogP) is 2.70. The van der Waals surface area contributed by atoms with Crippen LogP contribution in [-0.4, -0.2) is 48.6 Å². The van der Waals surface area contributed by atoms with E-state index in [1.165, 1.54) is 30.9 Å². The van der Waals surface area contributed by atoms with E-state index in [0.29, 0.717) is 5.82 Å². The molecule has 1 amide bonds. The van der Waals surface area contributed by atoms with Crippen molar-refractivity contribution in [3.05, 3.63) is 60.0 Å². The van der Waals surface area contributed by atoms with Crippen molar-refractivity contribution in [1.29, 1.82) is 0 Å². The molecule has 2 aromatic carbocycles. The fraction of sp³-hybridized carbons (Fsp3) is 0.250. The van der Waals surface area contributed by atoms with Crippen molar-refractivity contribution in [2.45, 2.75) is 23.3 Å². The van der Waals surface area contributed by atoms with Gasteiger partial charge in [0, 0.05) is 17.5 Å². The third kappa shape index (κ3) is 5.26. The van der Waals surface area contributed by atoms with Gasteiger partial charge in [0.15, 0.2) is 0 Å². The SMILES string of the molecule is CSc1ccc(S(=O)(=O)N(C)CC(=O)NCc2nc(-c3cccc(C)c3)no2)cc1. The first-order chi connectivity index (χ1) is 14.3. The molecule has 0 aliphatic rings. The fourth-order valence-corrected chi connectivity index (χ4v) is 4.21. The van der Waals surface area contributed by atoms with Gasteiger partial charge in [0.25, 0.3) is 0 Å². The summed E-state index contributed by atoms with van der Waals surface area (Å²) in [5.41, 5.74) is 1.88. The van der Waals surface area contributed by atoms with Crippen molar-refractivity contribution in [1.82, 2.24) is 19.8 Å². The summed E-state index contributed by atoms with van der Waals surface area (Å²) in [7, 11) is -2.41. The highest BCUT2D eigenvalue weighted by Gasteiger charge is 2.23. The van der Waals surface area contributed by atoms with Crippen LogP contribution in [-0.2, 0) is 21.4 Å². The molecule has 0 unspecified atom stereocenters. The highest BCUT2D eigenvalue weighted by Crippen LogP contribution is 2.20. The number of likely N-dealkylation sites (N-methyl/N-ethyl adjacent to an activating group) is 1. The normalized spacial score (nSPS) is 11.6. The molecule has 0 saturated carbocycles. The van der Waals surface area contributed by atoms with Gasteiger partial charge in [-0.15, -0.1) is 11.8 Å². The fourth-order valence-electron chi connectivity index (χ4n) is 2.67. The molecule has 0 atom stereocenters. The minimum absolute atomic E-state index is 0.00789. The van der Waals surface area contributed by atoms with Crippen LogP contribution in [0.25, 0.3) is 11.4 Å². The van der Waals surface area contributed by atoms with Crippen molar-refractivity contribution >= 4 is 27.7 Å². The number of carbonyl (C=O) groups is 1. The molecular weight excluding hydrogens is 424 g/mol. The monoisotopic (exact) mass is 446 g/mol. The second kappa shape index (κ2) is 9.41. The molecule has 10 heteroatoms. The number of carbonyl (C=O) groups excluding carboxylic acids is 1. The van der Waals surface area contributed by atoms with Gasteiger partial charge in [0.1, 0.15) is 0 Å². The summed E-state index contributed by atoms with van der Waals surface area (Å²) in [5.74, 6) is 0.187. The molecule has 30 heavy (non-hydrogen) atoms. The van der Waals surface area contributed by atoms with Crippen LogP contribution < -0.4 is 5.32 Å². The highest BCUT2D eigenvalue weighted by atomic mass is 32.2. The number of nitrogens with one attached hydrogen (secondary N) is 1. The number of aromatic nitrogens is 2. The van der Waals surface area contributed by atoms with Gasteiger partial charge in [-0.2, -0.15) is 9.29 Å². The van der Waals surface area contributed by atoms with Gasteiger partial charge < -0.3 is 9.84 Å². The second-order valence-electron chi connectivity index (χ2n) is 6.59. The van der Waals surface area contributed by atoms with Gasteiger partial charge in [-0.05, 0) is 43.5 Å². The van der Waals surface area contributed by atoms with Gasteiger partial charge in [-0.3, -0.25) is 4.79 Å². The van der Waals surface area contributed by atoms with Crippen LogP contribution in [0, 0.1) is 6.92 Å². The van der Waals surface area contributed by atoms with Gasteiger partial charge in [0.2, 0.25) is 27.6 Å². The van der Waals surface area contributed by atoms with Crippen molar-refractivity contribution in [3.8, 4) is 11.4 Å². The maximum absolute atomic E-state index is 12.6. The van der Waals surface area contributed by atoms with Crippen LogP contribution in [0.3, 0.4) is 0 Å². The lowest BCUT2D eigenvalue weighted by Crippen LogP contribution is -2.38. The van der Waals surface area contributed by atoms with E-state index in [9.17, 15) is 13.2 Å². The summed E-state index contributed by atoms with van der Waals surface area (Å²) >= 11 is 1.52. The van der Waals surface area contributed by atoms with Crippen molar-refractivity contribution < 1.29 is 17.7 Å². The molecule has 3 aromatic rings. The number of aryl methyl sites for hydroxylation is 1. The Morgan fingerprint density at radius 3 is 2.60 bits per heavy atom. The Hall–Kier alpha value is -2.69. The Balaban J connectivity index is 1.57. The van der Waals surface area contributed by atoms with E-state index in [1.54, 1.807) is 12.1 Å². The molecule has 1 N–H and O–H groups in total. The van der Waals surface area contributed by atoms with Crippen molar-refractivity contribution in [3.63, 3.8) is 0 Å². The lowest BCUT2D eigenvalue weighted by atomic mass is 10.1. The van der Waals surface area contributed by atoms with Crippen LogP contribution in [0.15, 0.2) is 62.8 Å². The number of nitrogens with zero attached hydrogens (tertiary/aromatic N) is 3. The zero-order chi connectivity index (χ0) is 21.7. The Morgan fingerprint density at radius 1 is 1.20 bits per heavy atom. The second-order valence-corrected chi connectivity index (χ2v) is 9.52. The lowest BCUT2D eigenvalue weighted by molar-refractivity contribution is -0.121. The molecule has 0 radical (unpaired) electrons.